The van der Waals surface area contributed by atoms with Crippen LogP contribution in [0.25, 0.3) is 22.9 Å². The van der Waals surface area contributed by atoms with Crippen molar-refractivity contribution in [2.75, 3.05) is 19.7 Å². The molecule has 2 atom stereocenters. The van der Waals surface area contributed by atoms with Crippen LogP contribution in [0, 0.1) is 25.7 Å². The minimum atomic E-state index is -0.909. The van der Waals surface area contributed by atoms with Gasteiger partial charge in [0.1, 0.15) is 23.0 Å². The van der Waals surface area contributed by atoms with E-state index in [1.165, 1.54) is 16.0 Å². The van der Waals surface area contributed by atoms with E-state index in [0.717, 1.165) is 64.1 Å². The van der Waals surface area contributed by atoms with Crippen LogP contribution in [0.3, 0.4) is 0 Å². The van der Waals surface area contributed by atoms with Crippen LogP contribution in [-0.2, 0) is 34.9 Å². The van der Waals surface area contributed by atoms with Crippen molar-refractivity contribution in [3.8, 4) is 34.4 Å². The summed E-state index contributed by atoms with van der Waals surface area (Å²) >= 11 is 0. The number of hydrogen-bond donors (Lipinski definition) is 1. The lowest BCUT2D eigenvalue weighted by Crippen LogP contribution is -2.32. The molecule has 1 amide bonds. The van der Waals surface area contributed by atoms with Crippen molar-refractivity contribution >= 4 is 12.1 Å². The Labute approximate surface area is 366 Å². The molecule has 2 aromatic heterocycles. The molecule has 0 bridgehead atoms. The predicted molar refractivity (Wildman–Crippen MR) is 243 cm³/mol. The molecule has 7 rings (SSSR count). The maximum absolute atomic E-state index is 12.7. The van der Waals surface area contributed by atoms with Crippen molar-refractivity contribution in [2.24, 2.45) is 11.8 Å². The number of amides is 1. The molecule has 10 heteroatoms. The Hall–Kier alpha value is -6.16. The molecular weight excluding hydrogens is 779 g/mol. The number of likely N-dealkylation sites (tertiary alicyclic amines) is 1. The number of carboxylic acid groups (broad SMARTS) is 1. The van der Waals surface area contributed by atoms with Gasteiger partial charge >= 0.3 is 12.1 Å². The van der Waals surface area contributed by atoms with E-state index >= 15 is 0 Å². The zero-order valence-electron chi connectivity index (χ0n) is 37.7. The van der Waals surface area contributed by atoms with E-state index in [2.05, 4.69) is 89.8 Å². The van der Waals surface area contributed by atoms with Crippen molar-refractivity contribution < 1.29 is 33.0 Å². The van der Waals surface area contributed by atoms with Crippen LogP contribution in [0.1, 0.15) is 94.5 Å². The van der Waals surface area contributed by atoms with Crippen molar-refractivity contribution in [3.05, 3.63) is 143 Å². The molecule has 0 aliphatic carbocycles. The molecule has 1 aliphatic heterocycles. The molecule has 326 valence electrons. The van der Waals surface area contributed by atoms with Gasteiger partial charge in [0, 0.05) is 30.6 Å². The van der Waals surface area contributed by atoms with Crippen LogP contribution in [0.2, 0.25) is 0 Å². The number of carbonyl (C=O) groups excluding carboxylic acids is 1. The van der Waals surface area contributed by atoms with E-state index in [9.17, 15) is 14.7 Å². The fourth-order valence-electron chi connectivity index (χ4n) is 7.48. The Balaban J connectivity index is 0.000000281. The van der Waals surface area contributed by atoms with Gasteiger partial charge in [0.05, 0.1) is 23.9 Å². The normalized spacial score (nSPS) is 15.2. The van der Waals surface area contributed by atoms with Gasteiger partial charge in [0.25, 0.3) is 0 Å². The average Bonchev–Trinajstić information content (AvgIpc) is 3.95. The zero-order valence-corrected chi connectivity index (χ0v) is 37.7. The molecule has 10 nitrogen and oxygen atoms in total. The lowest BCUT2D eigenvalue weighted by atomic mass is 9.87. The second-order valence-corrected chi connectivity index (χ2v) is 18.2. The average molecular weight is 840 g/mol. The van der Waals surface area contributed by atoms with E-state index in [-0.39, 0.29) is 23.3 Å². The van der Waals surface area contributed by atoms with E-state index in [1.54, 1.807) is 24.3 Å². The molecule has 0 saturated carbocycles. The number of ether oxygens (including phenoxy) is 2. The number of aromatic nitrogens is 2. The van der Waals surface area contributed by atoms with Crippen molar-refractivity contribution in [1.82, 2.24) is 14.9 Å². The maximum atomic E-state index is 12.7. The minimum Gasteiger partial charge on any atom is -0.493 e. The summed E-state index contributed by atoms with van der Waals surface area (Å²) in [5.74, 6) is 2.43. The smallest absolute Gasteiger partial charge is 0.415 e. The van der Waals surface area contributed by atoms with Gasteiger partial charge in [-0.15, -0.1) is 0 Å². The fraction of sp³-hybridized carbons (Fsp3) is 0.385. The molecule has 6 aromatic rings. The highest BCUT2D eigenvalue weighted by Gasteiger charge is 2.40. The van der Waals surface area contributed by atoms with Crippen LogP contribution in [0.4, 0.5) is 4.79 Å². The van der Waals surface area contributed by atoms with Gasteiger partial charge in [-0.1, -0.05) is 109 Å². The monoisotopic (exact) mass is 839 g/mol. The minimum absolute atomic E-state index is 0.0862. The summed E-state index contributed by atoms with van der Waals surface area (Å²) in [5, 5.41) is 9.80. The van der Waals surface area contributed by atoms with E-state index in [4.69, 9.17) is 23.3 Å². The van der Waals surface area contributed by atoms with Gasteiger partial charge in [-0.05, 0) is 109 Å². The number of aliphatic carboxylic acids is 1. The molecule has 0 radical (unpaired) electrons. The molecule has 62 heavy (non-hydrogen) atoms. The molecule has 1 fully saturated rings. The molecule has 1 N–H and O–H groups in total. The number of rotatable bonds is 12. The molecule has 1 saturated heterocycles. The Bertz CT molecular complexity index is 2380. The van der Waals surface area contributed by atoms with Gasteiger partial charge in [-0.2, -0.15) is 0 Å². The first-order chi connectivity index (χ1) is 29.5. The first-order valence-corrected chi connectivity index (χ1v) is 21.6. The third kappa shape index (κ3) is 11.8. The summed E-state index contributed by atoms with van der Waals surface area (Å²) in [6.07, 6.45) is 2.68. The Kier molecular flexibility index (Phi) is 14.4. The standard InChI is InChI=1S/C35H38N2O6.C17H23NO/c1-23-31(36-32(42-23)25-12-14-27(15-13-25)35(2,3)4)18-19-41-28-16-10-24(11-17-28)20-26-21-37(22-30(26)33(38)39)34(40)43-29-8-6-5-7-9-29;1-6-7-15-12(2)19-16(18-15)13-8-10-14(11-9-13)17(3,4)5/h5-17,26,30H,18-22H2,1-4H3,(H,38,39);8-11H,6-7H2,1-5H3/t26-,30+;/m1./s1. The van der Waals surface area contributed by atoms with Crippen LogP contribution in [0.5, 0.6) is 11.5 Å². The lowest BCUT2D eigenvalue weighted by molar-refractivity contribution is -0.142. The summed E-state index contributed by atoms with van der Waals surface area (Å²) < 4.78 is 23.1. The highest BCUT2D eigenvalue weighted by atomic mass is 16.6. The zero-order chi connectivity index (χ0) is 44.6. The van der Waals surface area contributed by atoms with Crippen molar-refractivity contribution in [2.45, 2.75) is 98.8 Å². The van der Waals surface area contributed by atoms with Gasteiger partial charge in [0.2, 0.25) is 11.8 Å². The number of oxazole rings is 2. The van der Waals surface area contributed by atoms with Crippen LogP contribution in [0.15, 0.2) is 112 Å². The summed E-state index contributed by atoms with van der Waals surface area (Å²) in [4.78, 5) is 35.4. The predicted octanol–water partition coefficient (Wildman–Crippen LogP) is 11.8. The Morgan fingerprint density at radius 1 is 0.694 bits per heavy atom. The van der Waals surface area contributed by atoms with Crippen LogP contribution >= 0.6 is 0 Å². The summed E-state index contributed by atoms with van der Waals surface area (Å²) in [6, 6.07) is 33.3. The highest BCUT2D eigenvalue weighted by Crippen LogP contribution is 2.31. The number of carbonyl (C=O) groups is 2. The summed E-state index contributed by atoms with van der Waals surface area (Å²) in [7, 11) is 0. The lowest BCUT2D eigenvalue weighted by Gasteiger charge is -2.18. The van der Waals surface area contributed by atoms with Crippen molar-refractivity contribution in [1.29, 1.82) is 0 Å². The third-order valence-electron chi connectivity index (χ3n) is 11.3. The van der Waals surface area contributed by atoms with E-state index in [1.807, 2.05) is 56.3 Å². The molecule has 4 aromatic carbocycles. The van der Waals surface area contributed by atoms with Gasteiger partial charge < -0.3 is 28.3 Å². The first-order valence-electron chi connectivity index (χ1n) is 21.6. The molecule has 3 heterocycles. The molecule has 0 unspecified atom stereocenters. The second kappa shape index (κ2) is 19.7. The molecule has 0 spiro atoms. The number of benzene rings is 4. The number of hydrogen-bond acceptors (Lipinski definition) is 8. The number of para-hydroxylation sites is 1. The van der Waals surface area contributed by atoms with Crippen LogP contribution < -0.4 is 9.47 Å². The van der Waals surface area contributed by atoms with Crippen LogP contribution in [-0.4, -0.2) is 51.7 Å². The van der Waals surface area contributed by atoms with Gasteiger partial charge in [-0.3, -0.25) is 4.79 Å². The molecule has 1 aliphatic rings. The summed E-state index contributed by atoms with van der Waals surface area (Å²) in [6.45, 7) is 20.2. The van der Waals surface area contributed by atoms with E-state index < -0.39 is 18.0 Å². The number of nitrogens with zero attached hydrogens (tertiary/aromatic N) is 3. The van der Waals surface area contributed by atoms with Gasteiger partial charge in [-0.25, -0.2) is 14.8 Å². The largest absolute Gasteiger partial charge is 0.493 e. The highest BCUT2D eigenvalue weighted by molar-refractivity contribution is 5.76. The third-order valence-corrected chi connectivity index (χ3v) is 11.3. The fourth-order valence-corrected chi connectivity index (χ4v) is 7.48. The van der Waals surface area contributed by atoms with E-state index in [0.29, 0.717) is 37.6 Å². The first kappa shape index (κ1) is 45.4. The SMILES string of the molecule is CCCc1nc(-c2ccc(C(C)(C)C)cc2)oc1C.Cc1oc(-c2ccc(C(C)(C)C)cc2)nc1CCOc1ccc(C[C@@H]2CN(C(=O)Oc3ccccc3)C[C@@H]2C(=O)O)cc1. The topological polar surface area (TPSA) is 128 Å². The Morgan fingerprint density at radius 2 is 1.21 bits per heavy atom. The van der Waals surface area contributed by atoms with Crippen molar-refractivity contribution in [3.63, 3.8) is 0 Å². The number of carboxylic acids is 1. The Morgan fingerprint density at radius 3 is 1.69 bits per heavy atom. The summed E-state index contributed by atoms with van der Waals surface area (Å²) in [5.41, 5.74) is 7.78. The number of aryl methyl sites for hydroxylation is 3. The van der Waals surface area contributed by atoms with Gasteiger partial charge in [0.15, 0.2) is 0 Å². The second-order valence-electron chi connectivity index (χ2n) is 18.2. The maximum Gasteiger partial charge on any atom is 0.415 e. The molecular formula is C52H61N3O7. The quantitative estimate of drug-likeness (QED) is 0.128.